The fraction of sp³-hybridized carbons (Fsp3) is 0.316. The quantitative estimate of drug-likeness (QED) is 0.709. The minimum Gasteiger partial charge on any atom is -0.299 e. The third-order valence-corrected chi connectivity index (χ3v) is 10.9. The van der Waals surface area contributed by atoms with Gasteiger partial charge in [-0.2, -0.15) is 11.8 Å². The van der Waals surface area contributed by atoms with Crippen LogP contribution in [0, 0.1) is 5.92 Å². The average Bonchev–Trinajstić information content (AvgIpc) is 2.68. The lowest BCUT2D eigenvalue weighted by Crippen LogP contribution is -2.36. The molecule has 5 nitrogen and oxygen atoms in total. The van der Waals surface area contributed by atoms with E-state index in [4.69, 9.17) is 0 Å². The number of rotatable bonds is 6. The molecular weight excluding hydrogens is 404 g/mol. The monoisotopic (exact) mass is 424 g/mol. The second-order valence-electron chi connectivity index (χ2n) is 6.37. The third-order valence-electron chi connectivity index (χ3n) is 4.58. The lowest BCUT2D eigenvalue weighted by Gasteiger charge is -2.25. The molecule has 0 bridgehead atoms. The van der Waals surface area contributed by atoms with Crippen molar-refractivity contribution in [3.8, 4) is 0 Å². The summed E-state index contributed by atoms with van der Waals surface area (Å²) in [6, 6.07) is 15.1. The average molecular weight is 425 g/mol. The molecule has 0 unspecified atom stereocenters. The van der Waals surface area contributed by atoms with Crippen LogP contribution >= 0.6 is 11.8 Å². The predicted molar refractivity (Wildman–Crippen MR) is 106 cm³/mol. The first kappa shape index (κ1) is 20.1. The van der Waals surface area contributed by atoms with Crippen LogP contribution in [0.25, 0.3) is 0 Å². The Hall–Kier alpha value is -1.64. The summed E-state index contributed by atoms with van der Waals surface area (Å²) in [6.07, 6.45) is 0.124. The molecule has 2 aromatic rings. The zero-order valence-electron chi connectivity index (χ0n) is 14.5. The molecule has 144 valence electrons. The summed E-state index contributed by atoms with van der Waals surface area (Å²) in [4.78, 5) is 12.2. The van der Waals surface area contributed by atoms with Crippen LogP contribution in [0.1, 0.15) is 12.8 Å². The van der Waals surface area contributed by atoms with E-state index in [0.29, 0.717) is 17.9 Å². The highest BCUT2D eigenvalue weighted by Gasteiger charge is 2.42. The second-order valence-corrected chi connectivity index (χ2v) is 12.1. The summed E-state index contributed by atoms with van der Waals surface area (Å²) in [6.45, 7) is 0. The molecule has 3 rings (SSSR count). The van der Waals surface area contributed by atoms with Gasteiger partial charge in [0.15, 0.2) is 24.3 Å². The molecule has 8 heteroatoms. The molecule has 0 aliphatic carbocycles. The summed E-state index contributed by atoms with van der Waals surface area (Å²) in [5.41, 5.74) is 0. The van der Waals surface area contributed by atoms with E-state index in [2.05, 4.69) is 0 Å². The molecule has 1 saturated heterocycles. The molecule has 2 aromatic carbocycles. The topological polar surface area (TPSA) is 85.3 Å². The smallest absolute Gasteiger partial charge is 0.195 e. The van der Waals surface area contributed by atoms with Crippen LogP contribution in [0.2, 0.25) is 0 Å². The molecule has 0 radical (unpaired) electrons. The number of sulfone groups is 2. The maximum atomic E-state index is 13.2. The van der Waals surface area contributed by atoms with Crippen LogP contribution in [0.15, 0.2) is 70.5 Å². The molecule has 1 atom stereocenters. The Morgan fingerprint density at radius 1 is 0.852 bits per heavy atom. The molecule has 0 aromatic heterocycles. The van der Waals surface area contributed by atoms with E-state index >= 15 is 0 Å². The van der Waals surface area contributed by atoms with Crippen LogP contribution in [-0.4, -0.2) is 38.7 Å². The Balaban J connectivity index is 2.08. The molecule has 0 spiro atoms. The maximum absolute atomic E-state index is 13.2. The van der Waals surface area contributed by atoms with Gasteiger partial charge in [-0.25, -0.2) is 16.8 Å². The Morgan fingerprint density at radius 2 is 1.33 bits per heavy atom. The summed E-state index contributed by atoms with van der Waals surface area (Å²) in [5, 5.41) is 0. The van der Waals surface area contributed by atoms with E-state index in [1.54, 1.807) is 48.2 Å². The number of ketones is 1. The van der Waals surface area contributed by atoms with Crippen molar-refractivity contribution in [1.29, 1.82) is 0 Å². The van der Waals surface area contributed by atoms with Gasteiger partial charge in [-0.05, 0) is 30.7 Å². The number of hydrogen-bond donors (Lipinski definition) is 0. The second kappa shape index (κ2) is 8.16. The number of hydrogen-bond acceptors (Lipinski definition) is 6. The van der Waals surface area contributed by atoms with Crippen molar-refractivity contribution in [1.82, 2.24) is 0 Å². The van der Waals surface area contributed by atoms with Crippen LogP contribution in [0.4, 0.5) is 0 Å². The summed E-state index contributed by atoms with van der Waals surface area (Å²) >= 11 is 1.55. The predicted octanol–water partition coefficient (Wildman–Crippen LogP) is 2.97. The van der Waals surface area contributed by atoms with Gasteiger partial charge in [-0.15, -0.1) is 0 Å². The van der Waals surface area contributed by atoms with Crippen molar-refractivity contribution < 1.29 is 21.6 Å². The van der Waals surface area contributed by atoms with Gasteiger partial charge >= 0.3 is 0 Å². The number of thioether (sulfide) groups is 1. The minimum atomic E-state index is -4.18. The van der Waals surface area contributed by atoms with Gasteiger partial charge in [0.05, 0.1) is 9.79 Å². The molecule has 0 saturated carbocycles. The fourth-order valence-corrected chi connectivity index (χ4v) is 8.84. The zero-order valence-corrected chi connectivity index (χ0v) is 17.0. The van der Waals surface area contributed by atoms with E-state index in [9.17, 15) is 21.6 Å². The molecule has 1 aliphatic rings. The normalized spacial score (nSPS) is 18.6. The molecular formula is C19H20O5S3. The molecule has 1 aliphatic heterocycles. The van der Waals surface area contributed by atoms with Crippen molar-refractivity contribution >= 4 is 37.2 Å². The number of carbonyl (C=O) groups excluding carboxylic acids is 1. The summed E-state index contributed by atoms with van der Waals surface area (Å²) in [7, 11) is -8.36. The van der Waals surface area contributed by atoms with Crippen molar-refractivity contribution in [2.45, 2.75) is 27.2 Å². The van der Waals surface area contributed by atoms with E-state index in [1.807, 2.05) is 0 Å². The van der Waals surface area contributed by atoms with Gasteiger partial charge in [0.2, 0.25) is 0 Å². The van der Waals surface area contributed by atoms with Crippen molar-refractivity contribution in [2.75, 3.05) is 11.5 Å². The van der Waals surface area contributed by atoms with Crippen LogP contribution in [0.5, 0.6) is 0 Å². The highest BCUT2D eigenvalue weighted by atomic mass is 32.3. The zero-order chi connectivity index (χ0) is 19.5. The van der Waals surface area contributed by atoms with Gasteiger partial charge in [0, 0.05) is 23.8 Å². The molecule has 1 heterocycles. The van der Waals surface area contributed by atoms with Crippen molar-refractivity contribution in [3.05, 3.63) is 60.7 Å². The standard InChI is InChI=1S/C19H20O5S3/c20-18-11-12-25-14-15(18)13-19(26(21,22)16-7-3-1-4-8-16)27(23,24)17-9-5-2-6-10-17/h1-10,15,19H,11-14H2/t15-/m1/s1. The Labute approximate surface area is 164 Å². The lowest BCUT2D eigenvalue weighted by atomic mass is 10.0. The SMILES string of the molecule is O=C1CCSC[C@H]1CC(S(=O)(=O)c1ccccc1)S(=O)(=O)c1ccccc1. The van der Waals surface area contributed by atoms with E-state index in [0.717, 1.165) is 0 Å². The van der Waals surface area contributed by atoms with E-state index < -0.39 is 30.2 Å². The Bertz CT molecular complexity index is 930. The summed E-state index contributed by atoms with van der Waals surface area (Å²) < 4.78 is 51.2. The number of Topliss-reactive ketones (excluding diaryl/α,β-unsaturated/α-hetero) is 1. The number of carbonyl (C=O) groups is 1. The highest BCUT2D eigenvalue weighted by molar-refractivity contribution is 8.09. The number of benzene rings is 2. The molecule has 0 N–H and O–H groups in total. The van der Waals surface area contributed by atoms with Gasteiger partial charge in [0.25, 0.3) is 0 Å². The fourth-order valence-electron chi connectivity index (χ4n) is 3.07. The first-order valence-electron chi connectivity index (χ1n) is 8.52. The van der Waals surface area contributed by atoms with Crippen LogP contribution in [0.3, 0.4) is 0 Å². The van der Waals surface area contributed by atoms with Gasteiger partial charge < -0.3 is 0 Å². The highest BCUT2D eigenvalue weighted by Crippen LogP contribution is 2.33. The Morgan fingerprint density at radius 3 is 1.78 bits per heavy atom. The van der Waals surface area contributed by atoms with Crippen molar-refractivity contribution in [3.63, 3.8) is 0 Å². The van der Waals surface area contributed by atoms with Gasteiger partial charge in [-0.1, -0.05) is 36.4 Å². The van der Waals surface area contributed by atoms with Gasteiger partial charge in [-0.3, -0.25) is 4.79 Å². The molecule has 1 fully saturated rings. The lowest BCUT2D eigenvalue weighted by molar-refractivity contribution is -0.122. The van der Waals surface area contributed by atoms with E-state index in [-0.39, 0.29) is 22.0 Å². The molecule has 27 heavy (non-hydrogen) atoms. The first-order valence-corrected chi connectivity index (χ1v) is 12.8. The summed E-state index contributed by atoms with van der Waals surface area (Å²) in [5.74, 6) is 0.497. The largest absolute Gasteiger partial charge is 0.299 e. The maximum Gasteiger partial charge on any atom is 0.195 e. The van der Waals surface area contributed by atoms with Crippen molar-refractivity contribution in [2.24, 2.45) is 5.92 Å². The Kier molecular flexibility index (Phi) is 6.08. The minimum absolute atomic E-state index is 0.0505. The first-order chi connectivity index (χ1) is 12.8. The molecule has 0 amide bonds. The third kappa shape index (κ3) is 4.28. The van der Waals surface area contributed by atoms with Gasteiger partial charge in [0.1, 0.15) is 5.78 Å². The van der Waals surface area contributed by atoms with Crippen LogP contribution in [-0.2, 0) is 24.5 Å². The van der Waals surface area contributed by atoms with Crippen LogP contribution < -0.4 is 0 Å². The van der Waals surface area contributed by atoms with E-state index in [1.165, 1.54) is 24.3 Å².